The van der Waals surface area contributed by atoms with Crippen molar-refractivity contribution in [2.75, 3.05) is 0 Å². The SMILES string of the molecule is NCc1nc2ccccc2n1CC(=O)O. The van der Waals surface area contributed by atoms with Crippen molar-refractivity contribution in [2.45, 2.75) is 13.1 Å². The van der Waals surface area contributed by atoms with E-state index in [4.69, 9.17) is 10.8 Å². The van der Waals surface area contributed by atoms with Gasteiger partial charge in [0.1, 0.15) is 12.4 Å². The van der Waals surface area contributed by atoms with Crippen LogP contribution in [0.2, 0.25) is 0 Å². The maximum absolute atomic E-state index is 10.7. The first-order valence-corrected chi connectivity index (χ1v) is 4.58. The van der Waals surface area contributed by atoms with Crippen molar-refractivity contribution in [3.05, 3.63) is 30.1 Å². The molecular formula is C10H11N3O2. The summed E-state index contributed by atoms with van der Waals surface area (Å²) in [5, 5.41) is 8.78. The van der Waals surface area contributed by atoms with E-state index in [9.17, 15) is 4.79 Å². The maximum Gasteiger partial charge on any atom is 0.323 e. The van der Waals surface area contributed by atoms with Crippen LogP contribution in [0, 0.1) is 0 Å². The van der Waals surface area contributed by atoms with E-state index in [1.807, 2.05) is 24.3 Å². The molecule has 3 N–H and O–H groups in total. The quantitative estimate of drug-likeness (QED) is 0.768. The molecule has 0 aliphatic rings. The molecule has 78 valence electrons. The van der Waals surface area contributed by atoms with Crippen LogP contribution >= 0.6 is 0 Å². The summed E-state index contributed by atoms with van der Waals surface area (Å²) < 4.78 is 1.62. The van der Waals surface area contributed by atoms with Crippen molar-refractivity contribution >= 4 is 17.0 Å². The van der Waals surface area contributed by atoms with Gasteiger partial charge in [-0.25, -0.2) is 4.98 Å². The number of fused-ring (bicyclic) bond motifs is 1. The third-order valence-corrected chi connectivity index (χ3v) is 2.21. The third kappa shape index (κ3) is 1.69. The van der Waals surface area contributed by atoms with Gasteiger partial charge in [-0.2, -0.15) is 0 Å². The highest BCUT2D eigenvalue weighted by Gasteiger charge is 2.10. The zero-order valence-electron chi connectivity index (χ0n) is 8.05. The van der Waals surface area contributed by atoms with E-state index in [1.54, 1.807) is 4.57 Å². The number of nitrogens with two attached hydrogens (primary N) is 1. The molecule has 0 spiro atoms. The Morgan fingerprint density at radius 2 is 2.20 bits per heavy atom. The maximum atomic E-state index is 10.7. The molecule has 5 nitrogen and oxygen atoms in total. The highest BCUT2D eigenvalue weighted by Crippen LogP contribution is 2.15. The van der Waals surface area contributed by atoms with Crippen LogP contribution in [-0.4, -0.2) is 20.6 Å². The normalized spacial score (nSPS) is 10.7. The van der Waals surface area contributed by atoms with E-state index in [1.165, 1.54) is 0 Å². The molecule has 1 aromatic carbocycles. The number of hydrogen-bond acceptors (Lipinski definition) is 3. The van der Waals surface area contributed by atoms with Crippen LogP contribution in [-0.2, 0) is 17.9 Å². The number of hydrogen-bond donors (Lipinski definition) is 2. The summed E-state index contributed by atoms with van der Waals surface area (Å²) in [6, 6.07) is 7.39. The van der Waals surface area contributed by atoms with Crippen LogP contribution in [0.1, 0.15) is 5.82 Å². The highest BCUT2D eigenvalue weighted by molar-refractivity contribution is 5.78. The Kier molecular flexibility index (Phi) is 2.39. The Bertz CT molecular complexity index is 504. The van der Waals surface area contributed by atoms with Crippen LogP contribution in [0.15, 0.2) is 24.3 Å². The fourth-order valence-corrected chi connectivity index (χ4v) is 1.59. The lowest BCUT2D eigenvalue weighted by Gasteiger charge is -2.03. The van der Waals surface area contributed by atoms with Gasteiger partial charge in [0, 0.05) is 0 Å². The molecule has 1 heterocycles. The first-order chi connectivity index (χ1) is 7.22. The minimum absolute atomic E-state index is 0.104. The molecule has 0 unspecified atom stereocenters. The lowest BCUT2D eigenvalue weighted by molar-refractivity contribution is -0.137. The van der Waals surface area contributed by atoms with Crippen LogP contribution < -0.4 is 5.73 Å². The standard InChI is InChI=1S/C10H11N3O2/c11-5-9-12-7-3-1-2-4-8(7)13(9)6-10(14)15/h1-4H,5-6,11H2,(H,14,15). The minimum Gasteiger partial charge on any atom is -0.480 e. The third-order valence-electron chi connectivity index (χ3n) is 2.21. The van der Waals surface area contributed by atoms with Gasteiger partial charge in [0.15, 0.2) is 0 Å². The number of nitrogens with zero attached hydrogens (tertiary/aromatic N) is 2. The van der Waals surface area contributed by atoms with E-state index < -0.39 is 5.97 Å². The van der Waals surface area contributed by atoms with Gasteiger partial charge in [-0.1, -0.05) is 12.1 Å². The van der Waals surface area contributed by atoms with E-state index in [0.29, 0.717) is 5.82 Å². The van der Waals surface area contributed by atoms with Gasteiger partial charge >= 0.3 is 5.97 Å². The summed E-state index contributed by atoms with van der Waals surface area (Å²) in [6.45, 7) is 0.134. The van der Waals surface area contributed by atoms with Crippen molar-refractivity contribution < 1.29 is 9.90 Å². The monoisotopic (exact) mass is 205 g/mol. The summed E-state index contributed by atoms with van der Waals surface area (Å²) >= 11 is 0. The predicted octanol–water partition coefficient (Wildman–Crippen LogP) is 0.580. The molecule has 0 fully saturated rings. The molecule has 2 rings (SSSR count). The van der Waals surface area contributed by atoms with Crippen LogP contribution in [0.5, 0.6) is 0 Å². The molecule has 0 saturated heterocycles. The number of aliphatic carboxylic acids is 1. The zero-order chi connectivity index (χ0) is 10.8. The molecule has 1 aromatic heterocycles. The first kappa shape index (κ1) is 9.67. The summed E-state index contributed by atoms with van der Waals surface area (Å²) in [5.74, 6) is -0.300. The van der Waals surface area contributed by atoms with Crippen LogP contribution in [0.3, 0.4) is 0 Å². The number of benzene rings is 1. The average molecular weight is 205 g/mol. The molecule has 5 heteroatoms. The lowest BCUT2D eigenvalue weighted by Crippen LogP contribution is -2.14. The number of carboxylic acid groups (broad SMARTS) is 1. The van der Waals surface area contributed by atoms with Gasteiger partial charge in [-0.3, -0.25) is 4.79 Å². The van der Waals surface area contributed by atoms with Crippen molar-refractivity contribution in [1.29, 1.82) is 0 Å². The number of para-hydroxylation sites is 2. The Labute approximate surface area is 86.1 Å². The summed E-state index contributed by atoms with van der Waals surface area (Å²) in [4.78, 5) is 14.9. The van der Waals surface area contributed by atoms with Crippen molar-refractivity contribution in [2.24, 2.45) is 5.73 Å². The van der Waals surface area contributed by atoms with Crippen molar-refractivity contribution in [3.8, 4) is 0 Å². The van der Waals surface area contributed by atoms with Gasteiger partial charge in [0.25, 0.3) is 0 Å². The molecule has 0 amide bonds. The molecule has 2 aromatic rings. The first-order valence-electron chi connectivity index (χ1n) is 4.58. The molecule has 0 aliphatic carbocycles. The van der Waals surface area contributed by atoms with Gasteiger partial charge in [-0.05, 0) is 12.1 Å². The number of aromatic nitrogens is 2. The number of carboxylic acids is 1. The molecule has 0 atom stereocenters. The summed E-state index contributed by atoms with van der Waals surface area (Å²) in [6.07, 6.45) is 0. The number of rotatable bonds is 3. The molecule has 15 heavy (non-hydrogen) atoms. The number of carbonyl (C=O) groups is 1. The van der Waals surface area contributed by atoms with E-state index in [2.05, 4.69) is 4.98 Å². The Hall–Kier alpha value is -1.88. The van der Waals surface area contributed by atoms with Crippen LogP contribution in [0.25, 0.3) is 11.0 Å². The van der Waals surface area contributed by atoms with Gasteiger partial charge in [0.2, 0.25) is 0 Å². The number of imidazole rings is 1. The van der Waals surface area contributed by atoms with Gasteiger partial charge in [0.05, 0.1) is 17.6 Å². The zero-order valence-corrected chi connectivity index (χ0v) is 8.05. The topological polar surface area (TPSA) is 81.1 Å². The molecule has 0 bridgehead atoms. The second-order valence-corrected chi connectivity index (χ2v) is 3.20. The van der Waals surface area contributed by atoms with Gasteiger partial charge < -0.3 is 15.4 Å². The lowest BCUT2D eigenvalue weighted by atomic mass is 10.3. The summed E-state index contributed by atoms with van der Waals surface area (Å²) in [5.41, 5.74) is 7.10. The van der Waals surface area contributed by atoms with E-state index in [0.717, 1.165) is 11.0 Å². The smallest absolute Gasteiger partial charge is 0.323 e. The molecule has 0 aliphatic heterocycles. The van der Waals surface area contributed by atoms with Crippen LogP contribution in [0.4, 0.5) is 0 Å². The second-order valence-electron chi connectivity index (χ2n) is 3.20. The average Bonchev–Trinajstić information content (AvgIpc) is 2.56. The van der Waals surface area contributed by atoms with E-state index in [-0.39, 0.29) is 13.1 Å². The molecule has 0 radical (unpaired) electrons. The minimum atomic E-state index is -0.896. The Morgan fingerprint density at radius 1 is 1.47 bits per heavy atom. The summed E-state index contributed by atoms with van der Waals surface area (Å²) in [7, 11) is 0. The van der Waals surface area contributed by atoms with Crippen molar-refractivity contribution in [1.82, 2.24) is 9.55 Å². The largest absolute Gasteiger partial charge is 0.480 e. The Balaban J connectivity index is 2.61. The molecular weight excluding hydrogens is 194 g/mol. The highest BCUT2D eigenvalue weighted by atomic mass is 16.4. The fourth-order valence-electron chi connectivity index (χ4n) is 1.59. The Morgan fingerprint density at radius 3 is 2.87 bits per heavy atom. The van der Waals surface area contributed by atoms with E-state index >= 15 is 0 Å². The van der Waals surface area contributed by atoms with Crippen molar-refractivity contribution in [3.63, 3.8) is 0 Å². The predicted molar refractivity (Wildman–Crippen MR) is 55.3 cm³/mol. The van der Waals surface area contributed by atoms with Gasteiger partial charge in [-0.15, -0.1) is 0 Å². The second kappa shape index (κ2) is 3.70. The fraction of sp³-hybridized carbons (Fsp3) is 0.200. The molecule has 0 saturated carbocycles.